The Kier molecular flexibility index (Phi) is 6.74. The van der Waals surface area contributed by atoms with E-state index in [0.29, 0.717) is 0 Å². The second kappa shape index (κ2) is 9.24. The first kappa shape index (κ1) is 19.0. The molecule has 3 rings (SSSR count). The molecule has 1 fully saturated rings. The number of nitrogens with one attached hydrogen (secondary N) is 1. The summed E-state index contributed by atoms with van der Waals surface area (Å²) < 4.78 is 5.95. The van der Waals surface area contributed by atoms with Gasteiger partial charge in [-0.2, -0.15) is 0 Å². The molecule has 0 aromatic carbocycles. The molecule has 1 N–H and O–H groups in total. The minimum atomic E-state index is 0.258. The fourth-order valence-electron chi connectivity index (χ4n) is 3.51. The summed E-state index contributed by atoms with van der Waals surface area (Å²) in [6, 6.07) is 8.73. The minimum Gasteiger partial charge on any atom is -0.465 e. The lowest BCUT2D eigenvalue weighted by Crippen LogP contribution is -2.44. The average molecular weight is 375 g/mol. The van der Waals surface area contributed by atoms with E-state index in [4.69, 9.17) is 4.42 Å². The van der Waals surface area contributed by atoms with Gasteiger partial charge in [-0.3, -0.25) is 9.89 Å². The highest BCUT2D eigenvalue weighted by Crippen LogP contribution is 2.26. The highest BCUT2D eigenvalue weighted by molar-refractivity contribution is 7.09. The number of likely N-dealkylation sites (tertiary alicyclic amines) is 1. The number of hydrogen-bond donors (Lipinski definition) is 1. The van der Waals surface area contributed by atoms with Crippen LogP contribution in [0.4, 0.5) is 0 Å². The molecule has 1 unspecified atom stereocenters. The number of hydrogen-bond acceptors (Lipinski definition) is 4. The molecule has 3 heterocycles. The predicted octanol–water partition coefficient (Wildman–Crippen LogP) is 3.54. The van der Waals surface area contributed by atoms with Gasteiger partial charge in [0, 0.05) is 32.1 Å². The lowest BCUT2D eigenvalue weighted by Gasteiger charge is -2.28. The third-order valence-corrected chi connectivity index (χ3v) is 5.91. The lowest BCUT2D eigenvalue weighted by atomic mass is 10.2. The van der Waals surface area contributed by atoms with Crippen molar-refractivity contribution in [3.05, 3.63) is 46.0 Å². The van der Waals surface area contributed by atoms with Crippen molar-refractivity contribution in [2.45, 2.75) is 32.2 Å². The van der Waals surface area contributed by atoms with Crippen LogP contribution < -0.4 is 5.32 Å². The maximum atomic E-state index is 5.95. The summed E-state index contributed by atoms with van der Waals surface area (Å²) in [4.78, 5) is 10.6. The van der Waals surface area contributed by atoms with Gasteiger partial charge in [0.2, 0.25) is 0 Å². The van der Waals surface area contributed by atoms with E-state index in [2.05, 4.69) is 56.8 Å². The molecule has 1 aliphatic heterocycles. The summed E-state index contributed by atoms with van der Waals surface area (Å²) in [6.07, 6.45) is 3.58. The Hall–Kier alpha value is -1.79. The molecule has 0 bridgehead atoms. The van der Waals surface area contributed by atoms with Crippen LogP contribution in [0.2, 0.25) is 0 Å². The Morgan fingerprint density at radius 2 is 2.15 bits per heavy atom. The van der Waals surface area contributed by atoms with Crippen LogP contribution >= 0.6 is 11.3 Å². The van der Waals surface area contributed by atoms with Gasteiger partial charge < -0.3 is 14.6 Å². The van der Waals surface area contributed by atoms with Crippen LogP contribution in [0.25, 0.3) is 0 Å². The van der Waals surface area contributed by atoms with Gasteiger partial charge in [0.15, 0.2) is 5.96 Å². The molecule has 0 spiro atoms. The molecule has 1 saturated heterocycles. The van der Waals surface area contributed by atoms with Crippen molar-refractivity contribution in [3.63, 3.8) is 0 Å². The van der Waals surface area contributed by atoms with Crippen LogP contribution in [0.15, 0.2) is 39.1 Å². The molecule has 0 radical (unpaired) electrons. The third kappa shape index (κ3) is 4.89. The van der Waals surface area contributed by atoms with Crippen molar-refractivity contribution in [3.8, 4) is 0 Å². The fourth-order valence-corrected chi connectivity index (χ4v) is 4.20. The molecule has 5 nitrogen and oxygen atoms in total. The smallest absolute Gasteiger partial charge is 0.193 e. The Labute approximate surface area is 160 Å². The van der Waals surface area contributed by atoms with E-state index in [1.165, 1.54) is 17.7 Å². The number of aliphatic imine (C=N–C) groups is 1. The maximum Gasteiger partial charge on any atom is 0.193 e. The zero-order chi connectivity index (χ0) is 18.4. The number of likely N-dealkylation sites (N-methyl/N-ethyl adjacent to an activating group) is 1. The van der Waals surface area contributed by atoms with Gasteiger partial charge in [-0.15, -0.1) is 11.3 Å². The van der Waals surface area contributed by atoms with Crippen molar-refractivity contribution >= 4 is 17.3 Å². The Bertz CT molecular complexity index is 688. The Morgan fingerprint density at radius 1 is 1.35 bits per heavy atom. The van der Waals surface area contributed by atoms with Gasteiger partial charge in [-0.25, -0.2) is 0 Å². The number of thiophene rings is 1. The monoisotopic (exact) mass is 374 g/mol. The zero-order valence-electron chi connectivity index (χ0n) is 16.1. The van der Waals surface area contributed by atoms with Gasteiger partial charge in [-0.05, 0) is 62.9 Å². The average Bonchev–Trinajstić information content (AvgIpc) is 3.39. The first-order chi connectivity index (χ1) is 12.7. The lowest BCUT2D eigenvalue weighted by molar-refractivity contribution is 0.212. The van der Waals surface area contributed by atoms with E-state index in [1.807, 2.05) is 25.3 Å². The molecule has 0 saturated carbocycles. The van der Waals surface area contributed by atoms with Crippen LogP contribution in [-0.2, 0) is 6.42 Å². The van der Waals surface area contributed by atoms with Gasteiger partial charge in [0.25, 0.3) is 0 Å². The summed E-state index contributed by atoms with van der Waals surface area (Å²) >= 11 is 1.81. The summed E-state index contributed by atoms with van der Waals surface area (Å²) in [5.74, 6) is 2.96. The van der Waals surface area contributed by atoms with E-state index >= 15 is 0 Å². The largest absolute Gasteiger partial charge is 0.465 e. The molecular formula is C20H30N4OS. The Morgan fingerprint density at radius 3 is 2.77 bits per heavy atom. The molecule has 0 amide bonds. The molecule has 1 atom stereocenters. The van der Waals surface area contributed by atoms with Crippen LogP contribution in [0, 0.1) is 6.92 Å². The van der Waals surface area contributed by atoms with Crippen molar-refractivity contribution < 1.29 is 4.42 Å². The van der Waals surface area contributed by atoms with E-state index in [0.717, 1.165) is 50.1 Å². The summed E-state index contributed by atoms with van der Waals surface area (Å²) in [6.45, 7) is 6.05. The molecule has 142 valence electrons. The predicted molar refractivity (Wildman–Crippen MR) is 109 cm³/mol. The fraction of sp³-hybridized carbons (Fsp3) is 0.550. The zero-order valence-corrected chi connectivity index (χ0v) is 16.9. The van der Waals surface area contributed by atoms with Crippen LogP contribution in [0.1, 0.15) is 35.3 Å². The molecule has 6 heteroatoms. The normalized spacial score (nSPS) is 16.8. The number of guanidine groups is 1. The van der Waals surface area contributed by atoms with Gasteiger partial charge in [0.1, 0.15) is 11.5 Å². The van der Waals surface area contributed by atoms with Crippen LogP contribution in [0.3, 0.4) is 0 Å². The second-order valence-electron chi connectivity index (χ2n) is 6.89. The van der Waals surface area contributed by atoms with Gasteiger partial charge in [-0.1, -0.05) is 6.07 Å². The van der Waals surface area contributed by atoms with E-state index < -0.39 is 0 Å². The van der Waals surface area contributed by atoms with Crippen molar-refractivity contribution in [2.24, 2.45) is 4.99 Å². The molecule has 1 aliphatic rings. The van der Waals surface area contributed by atoms with Crippen molar-refractivity contribution in [1.82, 2.24) is 15.1 Å². The molecule has 2 aromatic heterocycles. The highest BCUT2D eigenvalue weighted by Gasteiger charge is 2.26. The molecule has 0 aliphatic carbocycles. The maximum absolute atomic E-state index is 5.95. The quantitative estimate of drug-likeness (QED) is 0.595. The molecular weight excluding hydrogens is 344 g/mol. The summed E-state index contributed by atoms with van der Waals surface area (Å²) in [5.41, 5.74) is 0. The number of rotatable bonds is 7. The van der Waals surface area contributed by atoms with Crippen LogP contribution in [0.5, 0.6) is 0 Å². The van der Waals surface area contributed by atoms with Crippen molar-refractivity contribution in [1.29, 1.82) is 0 Å². The van der Waals surface area contributed by atoms with Crippen molar-refractivity contribution in [2.75, 3.05) is 40.3 Å². The Balaban J connectivity index is 1.59. The SMILES string of the molecule is CN=C(NCC(c1ccc(C)o1)N1CCCC1)N(C)CCc1cccs1. The number of aryl methyl sites for hydroxylation is 1. The van der Waals surface area contributed by atoms with Gasteiger partial charge >= 0.3 is 0 Å². The third-order valence-electron chi connectivity index (χ3n) is 4.97. The molecule has 2 aromatic rings. The first-order valence-electron chi connectivity index (χ1n) is 9.42. The number of furan rings is 1. The van der Waals surface area contributed by atoms with Gasteiger partial charge in [0.05, 0.1) is 6.04 Å². The summed E-state index contributed by atoms with van der Waals surface area (Å²) in [5, 5.41) is 5.70. The molecule has 26 heavy (non-hydrogen) atoms. The number of nitrogens with zero attached hydrogens (tertiary/aromatic N) is 3. The minimum absolute atomic E-state index is 0.258. The van der Waals surface area contributed by atoms with E-state index in [-0.39, 0.29) is 6.04 Å². The second-order valence-corrected chi connectivity index (χ2v) is 7.92. The van der Waals surface area contributed by atoms with E-state index in [1.54, 1.807) is 0 Å². The summed E-state index contributed by atoms with van der Waals surface area (Å²) in [7, 11) is 3.96. The highest BCUT2D eigenvalue weighted by atomic mass is 32.1. The standard InChI is InChI=1S/C20H30N4OS/c1-16-8-9-19(25-16)18(24-11-4-5-12-24)15-22-20(21-2)23(3)13-10-17-7-6-14-26-17/h6-9,14,18H,4-5,10-13,15H2,1-3H3,(H,21,22). The first-order valence-corrected chi connectivity index (χ1v) is 10.3. The van der Waals surface area contributed by atoms with Crippen LogP contribution in [-0.4, -0.2) is 56.0 Å². The van der Waals surface area contributed by atoms with E-state index in [9.17, 15) is 0 Å². The topological polar surface area (TPSA) is 44.0 Å².